The van der Waals surface area contributed by atoms with E-state index in [1.165, 1.54) is 12.1 Å². The number of fused-ring (bicyclic) bond motifs is 1. The van der Waals surface area contributed by atoms with Crippen molar-refractivity contribution in [3.05, 3.63) is 72.3 Å². The predicted molar refractivity (Wildman–Crippen MR) is 141 cm³/mol. The molecular weight excluding hydrogens is 469 g/mol. The molecule has 2 fully saturated rings. The van der Waals surface area contributed by atoms with Crippen molar-refractivity contribution in [3.63, 3.8) is 0 Å². The van der Waals surface area contributed by atoms with Crippen LogP contribution in [0.1, 0.15) is 18.5 Å². The summed E-state index contributed by atoms with van der Waals surface area (Å²) in [4.78, 5) is 29.0. The standard InChI is InChI=1S/C28H30FN7O/c1-20-18-27(36-26(31-20)19-24(32-36)21-5-7-23(29)8-6-21)34-12-9-22(10-13-34)28(37)35-16-14-33(15-17-35)25-4-2-3-11-30-25/h2-8,11,18-19,22H,9-10,12-17H2,1H3. The van der Waals surface area contributed by atoms with Gasteiger partial charge < -0.3 is 14.7 Å². The average molecular weight is 500 g/mol. The van der Waals surface area contributed by atoms with Gasteiger partial charge in [-0.3, -0.25) is 4.79 Å². The minimum Gasteiger partial charge on any atom is -0.356 e. The minimum absolute atomic E-state index is 0.0449. The van der Waals surface area contributed by atoms with Gasteiger partial charge >= 0.3 is 0 Å². The molecule has 0 aliphatic carbocycles. The van der Waals surface area contributed by atoms with Crippen molar-refractivity contribution in [3.8, 4) is 11.3 Å². The second-order valence-electron chi connectivity index (χ2n) is 9.82. The fraction of sp³-hybridized carbons (Fsp3) is 0.357. The molecule has 4 aromatic rings. The lowest BCUT2D eigenvalue weighted by atomic mass is 9.95. The van der Waals surface area contributed by atoms with Gasteiger partial charge in [0.25, 0.3) is 0 Å². The van der Waals surface area contributed by atoms with E-state index in [-0.39, 0.29) is 17.6 Å². The van der Waals surface area contributed by atoms with Crippen LogP contribution in [0.3, 0.4) is 0 Å². The van der Waals surface area contributed by atoms with Gasteiger partial charge in [0.1, 0.15) is 17.5 Å². The zero-order valence-corrected chi connectivity index (χ0v) is 20.9. The molecule has 190 valence electrons. The lowest BCUT2D eigenvalue weighted by Crippen LogP contribution is -2.52. The van der Waals surface area contributed by atoms with Gasteiger partial charge in [0.2, 0.25) is 5.91 Å². The number of benzene rings is 1. The van der Waals surface area contributed by atoms with Crippen LogP contribution < -0.4 is 9.80 Å². The number of pyridine rings is 1. The molecule has 2 saturated heterocycles. The molecule has 5 heterocycles. The Kier molecular flexibility index (Phi) is 6.20. The molecule has 1 aromatic carbocycles. The highest BCUT2D eigenvalue weighted by Gasteiger charge is 2.31. The molecule has 3 aromatic heterocycles. The zero-order chi connectivity index (χ0) is 25.4. The predicted octanol–water partition coefficient (Wildman–Crippen LogP) is 3.80. The number of piperazine rings is 1. The number of halogens is 1. The van der Waals surface area contributed by atoms with Crippen molar-refractivity contribution >= 4 is 23.2 Å². The van der Waals surface area contributed by atoms with Crippen LogP contribution in [-0.2, 0) is 4.79 Å². The van der Waals surface area contributed by atoms with E-state index in [4.69, 9.17) is 5.10 Å². The number of carbonyl (C=O) groups is 1. The molecule has 0 saturated carbocycles. The van der Waals surface area contributed by atoms with Crippen LogP contribution in [0.15, 0.2) is 60.8 Å². The van der Waals surface area contributed by atoms with E-state index >= 15 is 0 Å². The van der Waals surface area contributed by atoms with E-state index in [0.717, 1.165) is 86.3 Å². The van der Waals surface area contributed by atoms with Crippen LogP contribution in [0.25, 0.3) is 16.9 Å². The summed E-state index contributed by atoms with van der Waals surface area (Å²) in [5.41, 5.74) is 3.28. The number of nitrogens with zero attached hydrogens (tertiary/aromatic N) is 7. The van der Waals surface area contributed by atoms with Crippen molar-refractivity contribution in [1.29, 1.82) is 0 Å². The molecule has 37 heavy (non-hydrogen) atoms. The molecule has 6 rings (SSSR count). The Morgan fingerprint density at radius 1 is 0.919 bits per heavy atom. The van der Waals surface area contributed by atoms with Gasteiger partial charge in [0, 0.05) is 74.8 Å². The highest BCUT2D eigenvalue weighted by Crippen LogP contribution is 2.28. The first-order chi connectivity index (χ1) is 18.0. The van der Waals surface area contributed by atoms with Crippen molar-refractivity contribution < 1.29 is 9.18 Å². The third kappa shape index (κ3) is 4.73. The van der Waals surface area contributed by atoms with E-state index in [0.29, 0.717) is 0 Å². The summed E-state index contributed by atoms with van der Waals surface area (Å²) >= 11 is 0. The van der Waals surface area contributed by atoms with E-state index in [1.807, 2.05) is 52.9 Å². The molecule has 0 spiro atoms. The van der Waals surface area contributed by atoms with Gasteiger partial charge in [-0.2, -0.15) is 9.61 Å². The third-order valence-corrected chi connectivity index (χ3v) is 7.41. The van der Waals surface area contributed by atoms with Gasteiger partial charge in [0.15, 0.2) is 5.65 Å². The minimum atomic E-state index is -0.269. The maximum absolute atomic E-state index is 13.4. The fourth-order valence-corrected chi connectivity index (χ4v) is 5.38. The number of anilines is 2. The number of aryl methyl sites for hydroxylation is 1. The second kappa shape index (κ2) is 9.80. The van der Waals surface area contributed by atoms with Gasteiger partial charge in [-0.05, 0) is 56.2 Å². The largest absolute Gasteiger partial charge is 0.356 e. The normalized spacial score (nSPS) is 17.0. The van der Waals surface area contributed by atoms with Crippen LogP contribution in [0.2, 0.25) is 0 Å². The molecule has 0 unspecified atom stereocenters. The summed E-state index contributed by atoms with van der Waals surface area (Å²) in [6.45, 7) is 6.65. The zero-order valence-electron chi connectivity index (χ0n) is 20.9. The first-order valence-corrected chi connectivity index (χ1v) is 12.9. The van der Waals surface area contributed by atoms with Gasteiger partial charge in [-0.15, -0.1) is 0 Å². The first-order valence-electron chi connectivity index (χ1n) is 12.9. The van der Waals surface area contributed by atoms with Crippen LogP contribution in [-0.4, -0.2) is 69.7 Å². The summed E-state index contributed by atoms with van der Waals surface area (Å²) in [6, 6.07) is 16.3. The second-order valence-corrected chi connectivity index (χ2v) is 9.82. The molecule has 0 radical (unpaired) electrons. The number of piperidine rings is 1. The van der Waals surface area contributed by atoms with Gasteiger partial charge in [-0.1, -0.05) is 6.07 Å². The summed E-state index contributed by atoms with van der Waals surface area (Å²) in [5.74, 6) is 2.00. The maximum atomic E-state index is 13.4. The number of hydrogen-bond donors (Lipinski definition) is 0. The molecular formula is C28H30FN7O. The van der Waals surface area contributed by atoms with Crippen LogP contribution >= 0.6 is 0 Å². The molecule has 1 amide bonds. The summed E-state index contributed by atoms with van der Waals surface area (Å²) in [7, 11) is 0. The van der Waals surface area contributed by atoms with Gasteiger partial charge in [-0.25, -0.2) is 14.4 Å². The Morgan fingerprint density at radius 3 is 2.38 bits per heavy atom. The molecule has 8 nitrogen and oxygen atoms in total. The van der Waals surface area contributed by atoms with Crippen molar-refractivity contribution in [2.24, 2.45) is 5.92 Å². The smallest absolute Gasteiger partial charge is 0.225 e. The Labute approximate surface area is 215 Å². The summed E-state index contributed by atoms with van der Waals surface area (Å²) < 4.78 is 15.3. The molecule has 0 bridgehead atoms. The maximum Gasteiger partial charge on any atom is 0.225 e. The van der Waals surface area contributed by atoms with E-state index in [2.05, 4.69) is 19.8 Å². The van der Waals surface area contributed by atoms with Crippen molar-refractivity contribution in [2.75, 3.05) is 49.1 Å². The number of carbonyl (C=O) groups excluding carboxylic acids is 1. The number of aromatic nitrogens is 4. The highest BCUT2D eigenvalue weighted by atomic mass is 19.1. The third-order valence-electron chi connectivity index (χ3n) is 7.41. The molecule has 0 atom stereocenters. The number of rotatable bonds is 4. The Bertz CT molecular complexity index is 1390. The lowest BCUT2D eigenvalue weighted by molar-refractivity contribution is -0.136. The Hall–Kier alpha value is -4.01. The molecule has 0 N–H and O–H groups in total. The topological polar surface area (TPSA) is 69.9 Å². The Balaban J connectivity index is 1.12. The number of amides is 1. The monoisotopic (exact) mass is 499 g/mol. The lowest BCUT2D eigenvalue weighted by Gasteiger charge is -2.39. The van der Waals surface area contributed by atoms with E-state index in [9.17, 15) is 9.18 Å². The molecule has 2 aliphatic heterocycles. The fourth-order valence-electron chi connectivity index (χ4n) is 5.38. The summed E-state index contributed by atoms with van der Waals surface area (Å²) in [5, 5.41) is 4.79. The SMILES string of the molecule is Cc1cc(N2CCC(C(=O)N3CCN(c4ccccn4)CC3)CC2)n2nc(-c3ccc(F)cc3)cc2n1. The van der Waals surface area contributed by atoms with E-state index < -0.39 is 0 Å². The highest BCUT2D eigenvalue weighted by molar-refractivity contribution is 5.79. The molecule has 2 aliphatic rings. The van der Waals surface area contributed by atoms with Crippen LogP contribution in [0.5, 0.6) is 0 Å². The van der Waals surface area contributed by atoms with E-state index in [1.54, 1.807) is 12.1 Å². The first kappa shape index (κ1) is 23.4. The Morgan fingerprint density at radius 2 is 1.68 bits per heavy atom. The van der Waals surface area contributed by atoms with Crippen molar-refractivity contribution in [1.82, 2.24) is 24.5 Å². The van der Waals surface area contributed by atoms with Gasteiger partial charge in [0.05, 0.1) is 5.69 Å². The average Bonchev–Trinajstić information content (AvgIpc) is 3.37. The van der Waals surface area contributed by atoms with Crippen molar-refractivity contribution in [2.45, 2.75) is 19.8 Å². The van der Waals surface area contributed by atoms with Crippen LogP contribution in [0, 0.1) is 18.7 Å². The van der Waals surface area contributed by atoms with Crippen LogP contribution in [0.4, 0.5) is 16.0 Å². The molecule has 9 heteroatoms. The quantitative estimate of drug-likeness (QED) is 0.426. The summed E-state index contributed by atoms with van der Waals surface area (Å²) in [6.07, 6.45) is 3.44. The number of hydrogen-bond acceptors (Lipinski definition) is 6.